The van der Waals surface area contributed by atoms with E-state index in [0.717, 1.165) is 11.3 Å². The van der Waals surface area contributed by atoms with E-state index in [1.807, 2.05) is 38.1 Å². The van der Waals surface area contributed by atoms with Crippen molar-refractivity contribution in [1.82, 2.24) is 9.78 Å². The third-order valence-electron chi connectivity index (χ3n) is 4.08. The summed E-state index contributed by atoms with van der Waals surface area (Å²) in [7, 11) is -3.00. The van der Waals surface area contributed by atoms with Gasteiger partial charge in [0.25, 0.3) is 0 Å². The van der Waals surface area contributed by atoms with Crippen molar-refractivity contribution in [2.45, 2.75) is 25.8 Å². The zero-order chi connectivity index (χ0) is 15.3. The first-order valence-electron chi connectivity index (χ1n) is 6.93. The SMILES string of the molecule is Cc1ccc(-c2cc(N)n(C3(C)CCS(=O)(=O)C3)n2)cc1. The maximum absolute atomic E-state index is 11.8. The second kappa shape index (κ2) is 4.59. The van der Waals surface area contributed by atoms with Gasteiger partial charge in [-0.3, -0.25) is 0 Å². The van der Waals surface area contributed by atoms with E-state index in [9.17, 15) is 8.42 Å². The molecule has 112 valence electrons. The minimum atomic E-state index is -3.00. The fourth-order valence-corrected chi connectivity index (χ4v) is 4.96. The van der Waals surface area contributed by atoms with Crippen molar-refractivity contribution in [2.24, 2.45) is 0 Å². The third kappa shape index (κ3) is 2.55. The van der Waals surface area contributed by atoms with Gasteiger partial charge in [-0.15, -0.1) is 0 Å². The van der Waals surface area contributed by atoms with Crippen LogP contribution in [0.25, 0.3) is 11.3 Å². The maximum Gasteiger partial charge on any atom is 0.152 e. The number of aryl methyl sites for hydroxylation is 1. The Morgan fingerprint density at radius 2 is 1.95 bits per heavy atom. The summed E-state index contributed by atoms with van der Waals surface area (Å²) >= 11 is 0. The molecule has 5 nitrogen and oxygen atoms in total. The van der Waals surface area contributed by atoms with Crippen LogP contribution in [0, 0.1) is 6.92 Å². The number of anilines is 1. The van der Waals surface area contributed by atoms with Crippen LogP contribution in [0.5, 0.6) is 0 Å². The standard InChI is InChI=1S/C15H19N3O2S/c1-11-3-5-12(6-4-11)13-9-14(16)18(17-13)15(2)7-8-21(19,20)10-15/h3-6,9H,7-8,10,16H2,1-2H3. The molecular weight excluding hydrogens is 286 g/mol. The van der Waals surface area contributed by atoms with Gasteiger partial charge in [0, 0.05) is 11.6 Å². The number of aromatic nitrogens is 2. The van der Waals surface area contributed by atoms with Crippen LogP contribution in [0.15, 0.2) is 30.3 Å². The molecule has 0 spiro atoms. The lowest BCUT2D eigenvalue weighted by molar-refractivity contribution is 0.335. The first-order chi connectivity index (χ1) is 9.79. The van der Waals surface area contributed by atoms with Crippen LogP contribution in [0.1, 0.15) is 18.9 Å². The van der Waals surface area contributed by atoms with E-state index in [2.05, 4.69) is 5.10 Å². The topological polar surface area (TPSA) is 78.0 Å². The average Bonchev–Trinajstić information content (AvgIpc) is 2.92. The molecule has 6 heteroatoms. The molecule has 1 saturated heterocycles. The summed E-state index contributed by atoms with van der Waals surface area (Å²) < 4.78 is 25.2. The van der Waals surface area contributed by atoms with E-state index in [1.54, 1.807) is 10.7 Å². The van der Waals surface area contributed by atoms with E-state index < -0.39 is 15.4 Å². The van der Waals surface area contributed by atoms with Crippen LogP contribution in [0.2, 0.25) is 0 Å². The minimum Gasteiger partial charge on any atom is -0.384 e. The zero-order valence-electron chi connectivity index (χ0n) is 12.2. The smallest absolute Gasteiger partial charge is 0.152 e. The molecule has 1 aromatic heterocycles. The largest absolute Gasteiger partial charge is 0.384 e. The lowest BCUT2D eigenvalue weighted by atomic mass is 10.0. The van der Waals surface area contributed by atoms with Crippen LogP contribution in [-0.2, 0) is 15.4 Å². The Morgan fingerprint density at radius 3 is 2.52 bits per heavy atom. The molecule has 1 atom stereocenters. The second-order valence-corrected chi connectivity index (χ2v) is 8.26. The van der Waals surface area contributed by atoms with Crippen molar-refractivity contribution in [1.29, 1.82) is 0 Å². The summed E-state index contributed by atoms with van der Waals surface area (Å²) in [5.41, 5.74) is 8.46. The Hall–Kier alpha value is -1.82. The molecule has 2 N–H and O–H groups in total. The number of nitrogens with zero attached hydrogens (tertiary/aromatic N) is 2. The van der Waals surface area contributed by atoms with E-state index >= 15 is 0 Å². The van der Waals surface area contributed by atoms with Gasteiger partial charge in [-0.1, -0.05) is 29.8 Å². The molecule has 0 aliphatic carbocycles. The summed E-state index contributed by atoms with van der Waals surface area (Å²) in [6.07, 6.45) is 0.550. The molecule has 1 fully saturated rings. The molecule has 2 aromatic rings. The van der Waals surface area contributed by atoms with Gasteiger partial charge in [0.1, 0.15) is 5.82 Å². The normalized spacial score (nSPS) is 24.3. The molecule has 3 rings (SSSR count). The van der Waals surface area contributed by atoms with Crippen molar-refractivity contribution < 1.29 is 8.42 Å². The minimum absolute atomic E-state index is 0.0964. The van der Waals surface area contributed by atoms with Crippen molar-refractivity contribution in [3.63, 3.8) is 0 Å². The van der Waals surface area contributed by atoms with Crippen LogP contribution in [0.3, 0.4) is 0 Å². The average molecular weight is 305 g/mol. The Kier molecular flexibility index (Phi) is 3.09. The van der Waals surface area contributed by atoms with Gasteiger partial charge < -0.3 is 5.73 Å². The Labute approximate surface area is 124 Å². The maximum atomic E-state index is 11.8. The Bertz CT molecular complexity index is 778. The van der Waals surface area contributed by atoms with Gasteiger partial charge in [-0.2, -0.15) is 5.10 Å². The predicted molar refractivity (Wildman–Crippen MR) is 83.7 cm³/mol. The van der Waals surface area contributed by atoms with Crippen LogP contribution in [-0.4, -0.2) is 29.7 Å². The number of hydrogen-bond donors (Lipinski definition) is 1. The summed E-state index contributed by atoms with van der Waals surface area (Å²) in [6, 6.07) is 9.84. The van der Waals surface area contributed by atoms with Crippen LogP contribution >= 0.6 is 0 Å². The highest BCUT2D eigenvalue weighted by Crippen LogP contribution is 2.34. The Morgan fingerprint density at radius 1 is 1.29 bits per heavy atom. The second-order valence-electron chi connectivity index (χ2n) is 6.07. The van der Waals surface area contributed by atoms with Gasteiger partial charge in [0.15, 0.2) is 9.84 Å². The highest BCUT2D eigenvalue weighted by molar-refractivity contribution is 7.91. The van der Waals surface area contributed by atoms with Gasteiger partial charge in [-0.25, -0.2) is 13.1 Å². The summed E-state index contributed by atoms with van der Waals surface area (Å²) in [6.45, 7) is 3.93. The zero-order valence-corrected chi connectivity index (χ0v) is 13.0. The van der Waals surface area contributed by atoms with Crippen molar-refractivity contribution in [3.05, 3.63) is 35.9 Å². The van der Waals surface area contributed by atoms with Crippen LogP contribution in [0.4, 0.5) is 5.82 Å². The van der Waals surface area contributed by atoms with E-state index in [-0.39, 0.29) is 11.5 Å². The molecule has 21 heavy (non-hydrogen) atoms. The van der Waals surface area contributed by atoms with Gasteiger partial charge in [0.05, 0.1) is 22.7 Å². The third-order valence-corrected chi connectivity index (χ3v) is 5.97. The number of hydrogen-bond acceptors (Lipinski definition) is 4. The molecule has 0 saturated carbocycles. The molecular formula is C15H19N3O2S. The fourth-order valence-electron chi connectivity index (χ4n) is 2.85. The number of nitrogen functional groups attached to an aromatic ring is 1. The van der Waals surface area contributed by atoms with Gasteiger partial charge in [0.2, 0.25) is 0 Å². The van der Waals surface area contributed by atoms with Gasteiger partial charge >= 0.3 is 0 Å². The molecule has 1 aliphatic rings. The number of rotatable bonds is 2. The summed E-state index contributed by atoms with van der Waals surface area (Å²) in [4.78, 5) is 0. The van der Waals surface area contributed by atoms with E-state index in [0.29, 0.717) is 12.2 Å². The molecule has 1 aromatic carbocycles. The fraction of sp³-hybridized carbons (Fsp3) is 0.400. The number of benzene rings is 1. The highest BCUT2D eigenvalue weighted by Gasteiger charge is 2.41. The highest BCUT2D eigenvalue weighted by atomic mass is 32.2. The van der Waals surface area contributed by atoms with Gasteiger partial charge in [-0.05, 0) is 20.3 Å². The lowest BCUT2D eigenvalue weighted by Gasteiger charge is -2.24. The van der Waals surface area contributed by atoms with E-state index in [1.165, 1.54) is 5.56 Å². The quantitative estimate of drug-likeness (QED) is 0.920. The summed E-state index contributed by atoms with van der Waals surface area (Å²) in [5.74, 6) is 0.798. The predicted octanol–water partition coefficient (Wildman–Crippen LogP) is 1.97. The molecule has 1 unspecified atom stereocenters. The van der Waals surface area contributed by atoms with Crippen molar-refractivity contribution in [2.75, 3.05) is 17.2 Å². The monoisotopic (exact) mass is 305 g/mol. The number of sulfone groups is 1. The Balaban J connectivity index is 2.01. The molecule has 2 heterocycles. The molecule has 0 radical (unpaired) electrons. The first-order valence-corrected chi connectivity index (χ1v) is 8.75. The van der Waals surface area contributed by atoms with Crippen LogP contribution < -0.4 is 5.73 Å². The molecule has 0 bridgehead atoms. The van der Waals surface area contributed by atoms with E-state index in [4.69, 9.17) is 5.73 Å². The first kappa shape index (κ1) is 14.1. The molecule has 0 amide bonds. The summed E-state index contributed by atoms with van der Waals surface area (Å²) in [5, 5.41) is 4.56. The van der Waals surface area contributed by atoms with Crippen molar-refractivity contribution >= 4 is 15.7 Å². The lowest BCUT2D eigenvalue weighted by Crippen LogP contribution is -2.33. The number of nitrogens with two attached hydrogens (primary N) is 1. The van der Waals surface area contributed by atoms with Crippen molar-refractivity contribution in [3.8, 4) is 11.3 Å². The molecule has 1 aliphatic heterocycles.